The van der Waals surface area contributed by atoms with E-state index in [9.17, 15) is 23.6 Å². The van der Waals surface area contributed by atoms with Crippen LogP contribution in [-0.4, -0.2) is 46.5 Å². The Balaban J connectivity index is 1.38. The number of likely N-dealkylation sites (tertiary alicyclic amines) is 1. The largest absolute Gasteiger partial charge is 0.586 e. The van der Waals surface area contributed by atoms with Crippen molar-refractivity contribution in [1.82, 2.24) is 14.7 Å². The molecule has 0 radical (unpaired) electrons. The Kier molecular flexibility index (Phi) is 6.67. The Morgan fingerprint density at radius 2 is 1.90 bits per heavy atom. The number of halogens is 2. The lowest BCUT2D eigenvalue weighted by atomic mass is 10.1. The van der Waals surface area contributed by atoms with E-state index in [1.54, 1.807) is 37.3 Å². The lowest BCUT2D eigenvalue weighted by Crippen LogP contribution is -2.37. The maximum absolute atomic E-state index is 13.6. The fraction of sp³-hybridized carbons (Fsp3) is 0.310. The lowest BCUT2D eigenvalue weighted by Gasteiger charge is -2.21. The Hall–Kier alpha value is -4.76. The van der Waals surface area contributed by atoms with Gasteiger partial charge >= 0.3 is 6.29 Å². The summed E-state index contributed by atoms with van der Waals surface area (Å²) >= 11 is 0. The van der Waals surface area contributed by atoms with E-state index in [2.05, 4.69) is 25.5 Å². The third-order valence-corrected chi connectivity index (χ3v) is 7.13. The van der Waals surface area contributed by atoms with Crippen LogP contribution in [-0.2, 0) is 17.9 Å². The molecule has 2 aliphatic rings. The molecule has 2 aromatic heterocycles. The van der Waals surface area contributed by atoms with Gasteiger partial charge in [-0.3, -0.25) is 14.5 Å². The molecular formula is C29H25F2N5O5. The number of nitrogens with zero attached hydrogens (tertiary/aromatic N) is 5. The molecule has 4 aromatic rings. The quantitative estimate of drug-likeness (QED) is 0.324. The molecule has 6 rings (SSSR count). The molecule has 1 fully saturated rings. The molecule has 1 amide bonds. The van der Waals surface area contributed by atoms with E-state index in [1.165, 1.54) is 23.1 Å². The van der Waals surface area contributed by atoms with Crippen molar-refractivity contribution in [2.75, 3.05) is 24.5 Å². The highest BCUT2D eigenvalue weighted by molar-refractivity contribution is 5.94. The van der Waals surface area contributed by atoms with Crippen molar-refractivity contribution < 1.29 is 27.5 Å². The second kappa shape index (κ2) is 10.3. The zero-order valence-electron chi connectivity index (χ0n) is 22.1. The number of ether oxygens (including phenoxy) is 2. The Labute approximate surface area is 232 Å². The van der Waals surface area contributed by atoms with Crippen LogP contribution >= 0.6 is 0 Å². The summed E-state index contributed by atoms with van der Waals surface area (Å²) in [6, 6.07) is 14.6. The highest BCUT2D eigenvalue weighted by Gasteiger charge is 2.43. The van der Waals surface area contributed by atoms with Gasteiger partial charge in [0.1, 0.15) is 18.0 Å². The van der Waals surface area contributed by atoms with E-state index in [1.807, 2.05) is 0 Å². The summed E-state index contributed by atoms with van der Waals surface area (Å²) in [4.78, 5) is 30.6. The SMILES string of the molecule is CCN(C(=O)Cn1nc(-c2cccc(C#N)c2)c2oc(CN3CCCC3)cc2c1=O)c1ccc2c(c1)OC(F)(F)O2. The number of benzene rings is 2. The van der Waals surface area contributed by atoms with E-state index in [-0.39, 0.29) is 29.0 Å². The summed E-state index contributed by atoms with van der Waals surface area (Å²) < 4.78 is 43.2. The highest BCUT2D eigenvalue weighted by atomic mass is 19.3. The van der Waals surface area contributed by atoms with Gasteiger partial charge in [0.15, 0.2) is 17.1 Å². The van der Waals surface area contributed by atoms with Crippen molar-refractivity contribution >= 4 is 22.6 Å². The van der Waals surface area contributed by atoms with Gasteiger partial charge in [0.2, 0.25) is 5.91 Å². The predicted octanol–water partition coefficient (Wildman–Crippen LogP) is 4.50. The smallest absolute Gasteiger partial charge is 0.457 e. The fourth-order valence-corrected chi connectivity index (χ4v) is 5.22. The summed E-state index contributed by atoms with van der Waals surface area (Å²) in [5.74, 6) is -0.224. The number of anilines is 1. The average Bonchev–Trinajstić information content (AvgIpc) is 3.69. The number of furan rings is 1. The van der Waals surface area contributed by atoms with Crippen molar-refractivity contribution in [2.24, 2.45) is 0 Å². The van der Waals surface area contributed by atoms with Crippen LogP contribution < -0.4 is 19.9 Å². The number of alkyl halides is 2. The maximum atomic E-state index is 13.6. The van der Waals surface area contributed by atoms with Gasteiger partial charge in [-0.15, -0.1) is 8.78 Å². The van der Waals surface area contributed by atoms with Gasteiger partial charge in [0.25, 0.3) is 5.56 Å². The average molecular weight is 562 g/mol. The van der Waals surface area contributed by atoms with E-state index in [0.717, 1.165) is 30.6 Å². The molecule has 4 heterocycles. The van der Waals surface area contributed by atoms with E-state index in [4.69, 9.17) is 4.42 Å². The van der Waals surface area contributed by atoms with Gasteiger partial charge < -0.3 is 18.8 Å². The molecular weight excluding hydrogens is 536 g/mol. The first-order chi connectivity index (χ1) is 19.7. The summed E-state index contributed by atoms with van der Waals surface area (Å²) in [6.45, 7) is 3.90. The minimum absolute atomic E-state index is 0.139. The number of carbonyl (C=O) groups is 1. The molecule has 210 valence electrons. The zero-order valence-corrected chi connectivity index (χ0v) is 22.1. The van der Waals surface area contributed by atoms with Crippen LogP contribution in [0.4, 0.5) is 14.5 Å². The molecule has 2 aliphatic heterocycles. The minimum atomic E-state index is -3.79. The number of likely N-dealkylation sites (N-methyl/N-ethyl adjacent to an activating group) is 1. The van der Waals surface area contributed by atoms with Gasteiger partial charge in [-0.25, -0.2) is 4.68 Å². The van der Waals surface area contributed by atoms with Gasteiger partial charge in [-0.05, 0) is 63.2 Å². The second-order valence-corrected chi connectivity index (χ2v) is 9.88. The molecule has 41 heavy (non-hydrogen) atoms. The monoisotopic (exact) mass is 561 g/mol. The topological polar surface area (TPSA) is 114 Å². The number of hydrogen-bond acceptors (Lipinski definition) is 8. The first kappa shape index (κ1) is 26.5. The van der Waals surface area contributed by atoms with Crippen LogP contribution in [0.25, 0.3) is 22.2 Å². The Bertz CT molecular complexity index is 1750. The van der Waals surface area contributed by atoms with Gasteiger partial charge in [0, 0.05) is 23.9 Å². The highest BCUT2D eigenvalue weighted by Crippen LogP contribution is 2.43. The van der Waals surface area contributed by atoms with Crippen molar-refractivity contribution in [3.63, 3.8) is 0 Å². The number of hydrogen-bond donors (Lipinski definition) is 0. The molecule has 2 aromatic carbocycles. The first-order valence-corrected chi connectivity index (χ1v) is 13.2. The van der Waals surface area contributed by atoms with Crippen molar-refractivity contribution in [3.05, 3.63) is 70.2 Å². The van der Waals surface area contributed by atoms with E-state index in [0.29, 0.717) is 34.8 Å². The molecule has 0 N–H and O–H groups in total. The maximum Gasteiger partial charge on any atom is 0.586 e. The van der Waals surface area contributed by atoms with Crippen molar-refractivity contribution in [2.45, 2.75) is 39.1 Å². The van der Waals surface area contributed by atoms with Crippen LogP contribution in [0, 0.1) is 11.3 Å². The number of rotatable bonds is 7. The number of nitriles is 1. The zero-order chi connectivity index (χ0) is 28.7. The first-order valence-electron chi connectivity index (χ1n) is 13.2. The predicted molar refractivity (Wildman–Crippen MR) is 144 cm³/mol. The van der Waals surface area contributed by atoms with Crippen LogP contribution in [0.15, 0.2) is 57.7 Å². The van der Waals surface area contributed by atoms with Crippen LogP contribution in [0.3, 0.4) is 0 Å². The van der Waals surface area contributed by atoms with Crippen LogP contribution in [0.1, 0.15) is 31.1 Å². The fourth-order valence-electron chi connectivity index (χ4n) is 5.22. The van der Waals surface area contributed by atoms with E-state index >= 15 is 0 Å². The third-order valence-electron chi connectivity index (χ3n) is 7.13. The normalized spacial score (nSPS) is 15.8. The van der Waals surface area contributed by atoms with Crippen molar-refractivity contribution in [3.8, 4) is 28.8 Å². The van der Waals surface area contributed by atoms with E-state index < -0.39 is 24.3 Å². The van der Waals surface area contributed by atoms with Gasteiger partial charge in [-0.1, -0.05) is 12.1 Å². The number of fused-ring (bicyclic) bond motifs is 2. The number of carbonyl (C=O) groups excluding carboxylic acids is 1. The molecule has 0 saturated carbocycles. The van der Waals surface area contributed by atoms with Crippen LogP contribution in [0.2, 0.25) is 0 Å². The standard InChI is InChI=1S/C29H25F2N5O5/c1-2-35(20-8-9-23-24(13-20)41-29(30,31)40-23)25(37)17-36-28(38)22-14-21(16-34-10-3-4-11-34)39-27(22)26(33-36)19-7-5-6-18(12-19)15-32/h5-9,12-14H,2-4,10-11,16-17H2,1H3. The summed E-state index contributed by atoms with van der Waals surface area (Å²) in [5, 5.41) is 14.2. The third kappa shape index (κ3) is 5.12. The lowest BCUT2D eigenvalue weighted by molar-refractivity contribution is -0.286. The Morgan fingerprint density at radius 1 is 1.12 bits per heavy atom. The molecule has 0 aliphatic carbocycles. The molecule has 0 spiro atoms. The molecule has 1 saturated heterocycles. The van der Waals surface area contributed by atoms with Crippen LogP contribution in [0.5, 0.6) is 11.5 Å². The molecule has 0 bridgehead atoms. The number of aromatic nitrogens is 2. The number of amides is 1. The molecule has 0 unspecified atom stereocenters. The Morgan fingerprint density at radius 3 is 2.66 bits per heavy atom. The minimum Gasteiger partial charge on any atom is -0.457 e. The second-order valence-electron chi connectivity index (χ2n) is 9.88. The molecule has 0 atom stereocenters. The van der Waals surface area contributed by atoms with Crippen molar-refractivity contribution in [1.29, 1.82) is 5.26 Å². The van der Waals surface area contributed by atoms with Gasteiger partial charge in [0.05, 0.1) is 23.6 Å². The summed E-state index contributed by atoms with van der Waals surface area (Å²) in [7, 11) is 0. The van der Waals surface area contributed by atoms with Gasteiger partial charge in [-0.2, -0.15) is 10.4 Å². The molecule has 10 nitrogen and oxygen atoms in total. The molecule has 12 heteroatoms. The summed E-state index contributed by atoms with van der Waals surface area (Å²) in [6.07, 6.45) is -1.59. The summed E-state index contributed by atoms with van der Waals surface area (Å²) in [5.41, 5.74) is 1.36.